The molecule has 1 aliphatic heterocycles. The van der Waals surface area contributed by atoms with E-state index in [4.69, 9.17) is 55.9 Å². The van der Waals surface area contributed by atoms with Crippen LogP contribution >= 0.6 is 46.4 Å². The van der Waals surface area contributed by atoms with Gasteiger partial charge in [-0.3, -0.25) is 0 Å². The van der Waals surface area contributed by atoms with Crippen LogP contribution in [0.15, 0.2) is 41.8 Å². The van der Waals surface area contributed by atoms with Crippen LogP contribution in [-0.4, -0.2) is 26.2 Å². The van der Waals surface area contributed by atoms with Gasteiger partial charge in [0.15, 0.2) is 0 Å². The van der Waals surface area contributed by atoms with Gasteiger partial charge in [0.25, 0.3) is 0 Å². The number of esters is 2. The average molecular weight is 423 g/mol. The van der Waals surface area contributed by atoms with Gasteiger partial charge < -0.3 is 14.4 Å². The monoisotopic (exact) mass is 421 g/mol. The lowest BCUT2D eigenvalue weighted by Gasteiger charge is -2.25. The van der Waals surface area contributed by atoms with E-state index in [9.17, 15) is 9.59 Å². The van der Waals surface area contributed by atoms with E-state index in [1.54, 1.807) is 12.2 Å². The standard InChI is InChI=1S/C16H11Cl4NO4/c1-24-15(22)8-5-3-4-6-21(14(8)16(23)25-2)10-7-9(17)11(18)13(20)12(10)19/h3-7H,1-2H3. The van der Waals surface area contributed by atoms with Gasteiger partial charge in [-0.15, -0.1) is 0 Å². The second kappa shape index (κ2) is 8.15. The van der Waals surface area contributed by atoms with Crippen molar-refractivity contribution in [2.75, 3.05) is 19.1 Å². The Kier molecular flexibility index (Phi) is 6.41. The number of halogens is 4. The summed E-state index contributed by atoms with van der Waals surface area (Å²) in [6.45, 7) is 0. The molecule has 132 valence electrons. The quantitative estimate of drug-likeness (QED) is 0.398. The summed E-state index contributed by atoms with van der Waals surface area (Å²) in [7, 11) is 2.38. The molecule has 0 fully saturated rings. The molecule has 9 heteroatoms. The third-order valence-corrected chi connectivity index (χ3v) is 4.97. The number of methoxy groups -OCH3 is 2. The van der Waals surface area contributed by atoms with Gasteiger partial charge in [-0.2, -0.15) is 0 Å². The molecule has 0 atom stereocenters. The van der Waals surface area contributed by atoms with Crippen LogP contribution < -0.4 is 4.90 Å². The van der Waals surface area contributed by atoms with Crippen molar-refractivity contribution in [3.8, 4) is 0 Å². The molecule has 0 amide bonds. The first-order valence-corrected chi connectivity index (χ1v) is 8.22. The molecular formula is C16H11Cl4NO4. The van der Waals surface area contributed by atoms with Crippen molar-refractivity contribution in [3.05, 3.63) is 61.9 Å². The van der Waals surface area contributed by atoms with Crippen molar-refractivity contribution >= 4 is 64.0 Å². The van der Waals surface area contributed by atoms with Gasteiger partial charge in [0.05, 0.1) is 45.6 Å². The predicted octanol–water partition coefficient (Wildman–Crippen LogP) is 4.79. The van der Waals surface area contributed by atoms with Crippen molar-refractivity contribution in [2.24, 2.45) is 0 Å². The Hall–Kier alpha value is -1.66. The van der Waals surface area contributed by atoms with E-state index in [1.807, 2.05) is 0 Å². The topological polar surface area (TPSA) is 55.8 Å². The van der Waals surface area contributed by atoms with Crippen molar-refractivity contribution in [1.29, 1.82) is 0 Å². The van der Waals surface area contributed by atoms with Gasteiger partial charge >= 0.3 is 11.9 Å². The van der Waals surface area contributed by atoms with Crippen LogP contribution in [0.4, 0.5) is 5.69 Å². The summed E-state index contributed by atoms with van der Waals surface area (Å²) in [5.41, 5.74) is 0.0936. The minimum Gasteiger partial charge on any atom is -0.465 e. The number of nitrogens with zero attached hydrogens (tertiary/aromatic N) is 1. The molecule has 25 heavy (non-hydrogen) atoms. The zero-order chi connectivity index (χ0) is 18.7. The molecule has 0 saturated heterocycles. The third-order valence-electron chi connectivity index (χ3n) is 3.23. The third kappa shape index (κ3) is 3.80. The number of carbonyl (C=O) groups excluding carboxylic acids is 2. The van der Waals surface area contributed by atoms with Crippen LogP contribution in [0.2, 0.25) is 20.1 Å². The summed E-state index contributed by atoms with van der Waals surface area (Å²) in [5, 5.41) is 0.264. The predicted molar refractivity (Wildman–Crippen MR) is 98.3 cm³/mol. The molecule has 0 aliphatic carbocycles. The van der Waals surface area contributed by atoms with Gasteiger partial charge in [-0.05, 0) is 18.2 Å². The maximum Gasteiger partial charge on any atom is 0.355 e. The van der Waals surface area contributed by atoms with E-state index in [2.05, 4.69) is 0 Å². The molecule has 1 aliphatic rings. The fourth-order valence-corrected chi connectivity index (χ4v) is 2.97. The Morgan fingerprint density at radius 2 is 1.56 bits per heavy atom. The van der Waals surface area contributed by atoms with E-state index in [0.29, 0.717) is 0 Å². The minimum atomic E-state index is -0.783. The Morgan fingerprint density at radius 3 is 2.16 bits per heavy atom. The van der Waals surface area contributed by atoms with Crippen molar-refractivity contribution < 1.29 is 19.1 Å². The molecular weight excluding hydrogens is 412 g/mol. The second-order valence-corrected chi connectivity index (χ2v) is 6.18. The minimum absolute atomic E-state index is 0.0141. The number of anilines is 1. The number of benzene rings is 1. The molecule has 0 spiro atoms. The fraction of sp³-hybridized carbons (Fsp3) is 0.125. The fourth-order valence-electron chi connectivity index (χ4n) is 2.09. The van der Waals surface area contributed by atoms with E-state index in [0.717, 1.165) is 0 Å². The number of hydrogen-bond donors (Lipinski definition) is 0. The molecule has 1 heterocycles. The number of ether oxygens (including phenoxy) is 2. The summed E-state index contributed by atoms with van der Waals surface area (Å²) >= 11 is 24.4. The normalized spacial score (nSPS) is 13.8. The Bertz CT molecular complexity index is 830. The molecule has 0 radical (unpaired) electrons. The highest BCUT2D eigenvalue weighted by Gasteiger charge is 2.29. The van der Waals surface area contributed by atoms with E-state index >= 15 is 0 Å². The molecule has 0 aromatic heterocycles. The molecule has 0 saturated carbocycles. The largest absolute Gasteiger partial charge is 0.465 e. The van der Waals surface area contributed by atoms with Crippen LogP contribution in [0.25, 0.3) is 0 Å². The molecule has 1 aromatic carbocycles. The summed E-state index contributed by atoms with van der Waals surface area (Å²) in [4.78, 5) is 25.8. The highest BCUT2D eigenvalue weighted by Crippen LogP contribution is 2.44. The molecule has 0 N–H and O–H groups in total. The van der Waals surface area contributed by atoms with Crippen molar-refractivity contribution in [1.82, 2.24) is 0 Å². The molecule has 0 unspecified atom stereocenters. The Morgan fingerprint density at radius 1 is 0.920 bits per heavy atom. The lowest BCUT2D eigenvalue weighted by atomic mass is 10.1. The highest BCUT2D eigenvalue weighted by atomic mass is 35.5. The number of hydrogen-bond acceptors (Lipinski definition) is 5. The van der Waals surface area contributed by atoms with Gasteiger partial charge in [-0.25, -0.2) is 9.59 Å². The molecule has 1 aromatic rings. The lowest BCUT2D eigenvalue weighted by Crippen LogP contribution is -2.27. The zero-order valence-corrected chi connectivity index (χ0v) is 16.0. The van der Waals surface area contributed by atoms with Gasteiger partial charge in [0.1, 0.15) is 5.70 Å². The maximum absolute atomic E-state index is 12.3. The summed E-state index contributed by atoms with van der Waals surface area (Å²) in [5.74, 6) is -1.51. The summed E-state index contributed by atoms with van der Waals surface area (Å²) in [6.07, 6.45) is 6.07. The van der Waals surface area contributed by atoms with Crippen LogP contribution in [-0.2, 0) is 19.1 Å². The first-order valence-electron chi connectivity index (χ1n) is 6.71. The lowest BCUT2D eigenvalue weighted by molar-refractivity contribution is -0.139. The van der Waals surface area contributed by atoms with Crippen molar-refractivity contribution in [2.45, 2.75) is 0 Å². The van der Waals surface area contributed by atoms with E-state index < -0.39 is 11.9 Å². The molecule has 5 nitrogen and oxygen atoms in total. The number of allylic oxidation sites excluding steroid dienone is 2. The smallest absolute Gasteiger partial charge is 0.355 e. The zero-order valence-electron chi connectivity index (χ0n) is 13.0. The molecule has 2 rings (SSSR count). The maximum atomic E-state index is 12.3. The van der Waals surface area contributed by atoms with Gasteiger partial charge in [-0.1, -0.05) is 52.5 Å². The van der Waals surface area contributed by atoms with Crippen LogP contribution in [0.5, 0.6) is 0 Å². The SMILES string of the molecule is COC(=O)C1=C(C(=O)OC)N(c2cc(Cl)c(Cl)c(Cl)c2Cl)C=CC=C1. The van der Waals surface area contributed by atoms with Crippen LogP contribution in [0, 0.1) is 0 Å². The van der Waals surface area contributed by atoms with E-state index in [1.165, 1.54) is 37.5 Å². The first kappa shape index (κ1) is 19.7. The van der Waals surface area contributed by atoms with Crippen LogP contribution in [0.3, 0.4) is 0 Å². The van der Waals surface area contributed by atoms with Gasteiger partial charge in [0, 0.05) is 6.20 Å². The Labute approximate surface area is 164 Å². The van der Waals surface area contributed by atoms with Gasteiger partial charge in [0.2, 0.25) is 0 Å². The Balaban J connectivity index is 2.78. The van der Waals surface area contributed by atoms with Crippen LogP contribution in [0.1, 0.15) is 0 Å². The second-order valence-electron chi connectivity index (χ2n) is 4.64. The molecule has 0 bridgehead atoms. The summed E-state index contributed by atoms with van der Waals surface area (Å²) < 4.78 is 9.53. The number of carbonyl (C=O) groups is 2. The number of rotatable bonds is 3. The first-order chi connectivity index (χ1) is 11.8. The average Bonchev–Trinajstić information content (AvgIpc) is 2.84. The van der Waals surface area contributed by atoms with Crippen molar-refractivity contribution in [3.63, 3.8) is 0 Å². The van der Waals surface area contributed by atoms with E-state index in [-0.39, 0.29) is 37.0 Å². The summed E-state index contributed by atoms with van der Waals surface area (Å²) in [6, 6.07) is 1.42. The highest BCUT2D eigenvalue weighted by molar-refractivity contribution is 6.52.